The summed E-state index contributed by atoms with van der Waals surface area (Å²) in [7, 11) is 1.93. The molecule has 148 valence electrons. The van der Waals surface area contributed by atoms with E-state index in [9.17, 15) is 9.59 Å². The first-order valence-electron chi connectivity index (χ1n) is 9.69. The van der Waals surface area contributed by atoms with Gasteiger partial charge in [-0.05, 0) is 17.7 Å². The van der Waals surface area contributed by atoms with Crippen LogP contribution in [0.3, 0.4) is 0 Å². The quantitative estimate of drug-likeness (QED) is 0.793. The van der Waals surface area contributed by atoms with Crippen LogP contribution >= 0.6 is 0 Å². The molecule has 0 bridgehead atoms. The Labute approximate surface area is 166 Å². The van der Waals surface area contributed by atoms with Gasteiger partial charge in [0, 0.05) is 45.5 Å². The molecule has 1 aliphatic heterocycles. The van der Waals surface area contributed by atoms with Gasteiger partial charge in [-0.1, -0.05) is 48.5 Å². The van der Waals surface area contributed by atoms with Gasteiger partial charge in [0.15, 0.2) is 0 Å². The van der Waals surface area contributed by atoms with E-state index in [2.05, 4.69) is 10.2 Å². The normalized spacial score (nSPS) is 14.5. The second-order valence-corrected chi connectivity index (χ2v) is 7.11. The van der Waals surface area contributed by atoms with Crippen molar-refractivity contribution >= 4 is 17.5 Å². The predicted molar refractivity (Wildman–Crippen MR) is 111 cm³/mol. The van der Waals surface area contributed by atoms with Gasteiger partial charge in [0.25, 0.3) is 0 Å². The van der Waals surface area contributed by atoms with Gasteiger partial charge in [0.1, 0.15) is 0 Å². The molecule has 2 amide bonds. The number of nitrogens with zero attached hydrogens (tertiary/aromatic N) is 3. The van der Waals surface area contributed by atoms with E-state index >= 15 is 0 Å². The lowest BCUT2D eigenvalue weighted by atomic mass is 10.2. The Bertz CT molecular complexity index is 759. The number of nitrogens with one attached hydrogen (secondary N) is 1. The third-order valence-corrected chi connectivity index (χ3v) is 4.99. The van der Waals surface area contributed by atoms with E-state index in [1.165, 1.54) is 0 Å². The molecule has 0 aliphatic carbocycles. The van der Waals surface area contributed by atoms with Crippen molar-refractivity contribution in [3.63, 3.8) is 0 Å². The molecule has 2 aromatic rings. The highest BCUT2D eigenvalue weighted by Crippen LogP contribution is 2.11. The van der Waals surface area contributed by atoms with Gasteiger partial charge >= 0.3 is 0 Å². The number of para-hydroxylation sites is 1. The van der Waals surface area contributed by atoms with Crippen molar-refractivity contribution in [3.05, 3.63) is 66.2 Å². The van der Waals surface area contributed by atoms with Gasteiger partial charge < -0.3 is 15.1 Å². The van der Waals surface area contributed by atoms with E-state index < -0.39 is 0 Å². The van der Waals surface area contributed by atoms with Crippen molar-refractivity contribution in [1.82, 2.24) is 15.1 Å². The molecule has 0 atom stereocenters. The number of amides is 2. The summed E-state index contributed by atoms with van der Waals surface area (Å²) in [4.78, 5) is 30.7. The Balaban J connectivity index is 1.38. The maximum absolute atomic E-state index is 12.6. The highest BCUT2D eigenvalue weighted by atomic mass is 16.2. The third kappa shape index (κ3) is 5.82. The number of anilines is 1. The number of benzene rings is 2. The zero-order chi connectivity index (χ0) is 19.8. The molecule has 1 heterocycles. The SMILES string of the molecule is CN(CC(=O)N1CCN(CC(=O)NCc2ccccc2)CC1)c1ccccc1. The number of piperazine rings is 1. The Hall–Kier alpha value is -2.86. The van der Waals surface area contributed by atoms with E-state index in [0.717, 1.165) is 24.3 Å². The van der Waals surface area contributed by atoms with Crippen LogP contribution < -0.4 is 10.2 Å². The Morgan fingerprint density at radius 2 is 1.54 bits per heavy atom. The van der Waals surface area contributed by atoms with Crippen LogP contribution in [0.15, 0.2) is 60.7 Å². The molecule has 0 saturated carbocycles. The molecule has 1 aliphatic rings. The maximum atomic E-state index is 12.6. The van der Waals surface area contributed by atoms with Crippen LogP contribution in [0.2, 0.25) is 0 Å². The second-order valence-electron chi connectivity index (χ2n) is 7.11. The Kier molecular flexibility index (Phi) is 7.03. The zero-order valence-electron chi connectivity index (χ0n) is 16.4. The maximum Gasteiger partial charge on any atom is 0.242 e. The molecule has 1 saturated heterocycles. The van der Waals surface area contributed by atoms with E-state index in [-0.39, 0.29) is 11.8 Å². The number of hydrogen-bond acceptors (Lipinski definition) is 4. The topological polar surface area (TPSA) is 55.9 Å². The lowest BCUT2D eigenvalue weighted by Crippen LogP contribution is -2.52. The molecule has 0 spiro atoms. The van der Waals surface area contributed by atoms with Gasteiger partial charge in [-0.25, -0.2) is 0 Å². The van der Waals surface area contributed by atoms with E-state index in [4.69, 9.17) is 0 Å². The highest BCUT2D eigenvalue weighted by molar-refractivity contribution is 5.81. The van der Waals surface area contributed by atoms with Crippen LogP contribution in [0.1, 0.15) is 5.56 Å². The Morgan fingerprint density at radius 1 is 0.929 bits per heavy atom. The fourth-order valence-electron chi connectivity index (χ4n) is 3.29. The summed E-state index contributed by atoms with van der Waals surface area (Å²) in [6.07, 6.45) is 0. The number of carbonyl (C=O) groups is 2. The first-order valence-corrected chi connectivity index (χ1v) is 9.69. The van der Waals surface area contributed by atoms with Crippen molar-refractivity contribution in [1.29, 1.82) is 0 Å². The lowest BCUT2D eigenvalue weighted by molar-refractivity contribution is -0.131. The summed E-state index contributed by atoms with van der Waals surface area (Å²) in [5.41, 5.74) is 2.12. The average Bonchev–Trinajstić information content (AvgIpc) is 2.74. The number of hydrogen-bond donors (Lipinski definition) is 1. The van der Waals surface area contributed by atoms with E-state index in [1.807, 2.05) is 77.5 Å². The Morgan fingerprint density at radius 3 is 2.18 bits per heavy atom. The van der Waals surface area contributed by atoms with Gasteiger partial charge in [0.05, 0.1) is 13.1 Å². The van der Waals surface area contributed by atoms with Gasteiger partial charge in [-0.15, -0.1) is 0 Å². The molecule has 0 radical (unpaired) electrons. The molecule has 1 fully saturated rings. The molecular formula is C22H28N4O2. The standard InChI is InChI=1S/C22H28N4O2/c1-24(20-10-6-3-7-11-20)18-22(28)26-14-12-25(13-15-26)17-21(27)23-16-19-8-4-2-5-9-19/h2-11H,12-18H2,1H3,(H,23,27). The summed E-state index contributed by atoms with van der Waals surface area (Å²) in [6.45, 7) is 4.05. The van der Waals surface area contributed by atoms with Crippen LogP contribution in [-0.2, 0) is 16.1 Å². The first-order chi connectivity index (χ1) is 13.6. The van der Waals surface area contributed by atoms with Gasteiger partial charge in [-0.2, -0.15) is 0 Å². The summed E-state index contributed by atoms with van der Waals surface area (Å²) in [5, 5.41) is 2.96. The fourth-order valence-corrected chi connectivity index (χ4v) is 3.29. The average molecular weight is 380 g/mol. The number of likely N-dealkylation sites (N-methyl/N-ethyl adjacent to an activating group) is 1. The van der Waals surface area contributed by atoms with Gasteiger partial charge in [0.2, 0.25) is 11.8 Å². The predicted octanol–water partition coefficient (Wildman–Crippen LogP) is 1.58. The summed E-state index contributed by atoms with van der Waals surface area (Å²) in [6, 6.07) is 19.8. The minimum atomic E-state index is 0.0208. The van der Waals surface area contributed by atoms with Crippen molar-refractivity contribution in [2.24, 2.45) is 0 Å². The van der Waals surface area contributed by atoms with Crippen LogP contribution in [0.4, 0.5) is 5.69 Å². The molecular weight excluding hydrogens is 352 g/mol. The van der Waals surface area contributed by atoms with Gasteiger partial charge in [-0.3, -0.25) is 14.5 Å². The second kappa shape index (κ2) is 9.90. The highest BCUT2D eigenvalue weighted by Gasteiger charge is 2.23. The molecule has 0 unspecified atom stereocenters. The number of carbonyl (C=O) groups excluding carboxylic acids is 2. The summed E-state index contributed by atoms with van der Waals surface area (Å²) in [5.74, 6) is 0.145. The van der Waals surface area contributed by atoms with Crippen LogP contribution in [0.25, 0.3) is 0 Å². The monoisotopic (exact) mass is 380 g/mol. The molecule has 0 aromatic heterocycles. The van der Waals surface area contributed by atoms with Crippen molar-refractivity contribution in [2.45, 2.75) is 6.54 Å². The smallest absolute Gasteiger partial charge is 0.242 e. The molecule has 28 heavy (non-hydrogen) atoms. The largest absolute Gasteiger partial charge is 0.365 e. The molecule has 1 N–H and O–H groups in total. The molecule has 6 heteroatoms. The molecule has 2 aromatic carbocycles. The lowest BCUT2D eigenvalue weighted by Gasteiger charge is -2.35. The number of rotatable bonds is 7. The molecule has 6 nitrogen and oxygen atoms in total. The van der Waals surface area contributed by atoms with Crippen molar-refractivity contribution in [3.8, 4) is 0 Å². The molecule has 3 rings (SSSR count). The van der Waals surface area contributed by atoms with Crippen LogP contribution in [-0.4, -0.2) is 67.9 Å². The van der Waals surface area contributed by atoms with Crippen LogP contribution in [0, 0.1) is 0 Å². The fraction of sp³-hybridized carbons (Fsp3) is 0.364. The van der Waals surface area contributed by atoms with E-state index in [0.29, 0.717) is 32.7 Å². The minimum Gasteiger partial charge on any atom is -0.365 e. The third-order valence-electron chi connectivity index (χ3n) is 4.99. The first kappa shape index (κ1) is 19.9. The zero-order valence-corrected chi connectivity index (χ0v) is 16.4. The summed E-state index contributed by atoms with van der Waals surface area (Å²) >= 11 is 0. The van der Waals surface area contributed by atoms with E-state index in [1.54, 1.807) is 0 Å². The summed E-state index contributed by atoms with van der Waals surface area (Å²) < 4.78 is 0. The van der Waals surface area contributed by atoms with Crippen molar-refractivity contribution < 1.29 is 9.59 Å². The van der Waals surface area contributed by atoms with Crippen LogP contribution in [0.5, 0.6) is 0 Å². The van der Waals surface area contributed by atoms with Crippen molar-refractivity contribution in [2.75, 3.05) is 51.2 Å². The minimum absolute atomic E-state index is 0.0208.